The van der Waals surface area contributed by atoms with Crippen LogP contribution in [0.2, 0.25) is 0 Å². The summed E-state index contributed by atoms with van der Waals surface area (Å²) in [5.74, 6) is 1.04. The summed E-state index contributed by atoms with van der Waals surface area (Å²) in [5, 5.41) is 6.11. The largest absolute Gasteiger partial charge is 0.368 e. The van der Waals surface area contributed by atoms with E-state index >= 15 is 0 Å². The molecule has 1 aromatic heterocycles. The molecular weight excluding hydrogens is 402 g/mol. The van der Waals surface area contributed by atoms with Crippen LogP contribution in [0.5, 0.6) is 0 Å². The number of nitrogens with one attached hydrogen (secondary N) is 2. The summed E-state index contributed by atoms with van der Waals surface area (Å²) in [4.78, 5) is 29.4. The monoisotopic (exact) mass is 431 g/mol. The van der Waals surface area contributed by atoms with Crippen molar-refractivity contribution >= 4 is 34.9 Å². The lowest BCUT2D eigenvalue weighted by atomic mass is 10.1. The number of nitrogens with zero attached hydrogens (tertiary/aromatic N) is 5. The van der Waals surface area contributed by atoms with Gasteiger partial charge >= 0.3 is 0 Å². The zero-order valence-electron chi connectivity index (χ0n) is 19.0. The number of hydrogen-bond acceptors (Lipinski definition) is 7. The van der Waals surface area contributed by atoms with Crippen molar-refractivity contribution < 1.29 is 4.79 Å². The second kappa shape index (κ2) is 9.21. The Balaban J connectivity index is 1.45. The fourth-order valence-corrected chi connectivity index (χ4v) is 3.92. The molecule has 0 unspecified atom stereocenters. The van der Waals surface area contributed by atoms with Gasteiger partial charge in [0.2, 0.25) is 17.8 Å². The lowest BCUT2D eigenvalue weighted by molar-refractivity contribution is -0.114. The molecule has 166 valence electrons. The van der Waals surface area contributed by atoms with E-state index in [9.17, 15) is 4.79 Å². The average molecular weight is 432 g/mol. The summed E-state index contributed by atoms with van der Waals surface area (Å²) in [7, 11) is 0. The molecule has 8 nitrogen and oxygen atoms in total. The first-order valence-electron chi connectivity index (χ1n) is 10.8. The van der Waals surface area contributed by atoms with Crippen molar-refractivity contribution in [2.24, 2.45) is 0 Å². The second-order valence-electron chi connectivity index (χ2n) is 8.16. The predicted molar refractivity (Wildman–Crippen MR) is 129 cm³/mol. The van der Waals surface area contributed by atoms with E-state index in [0.717, 1.165) is 43.1 Å². The molecule has 8 heteroatoms. The first kappa shape index (κ1) is 21.5. The van der Waals surface area contributed by atoms with Crippen LogP contribution in [0.1, 0.15) is 23.6 Å². The topological polar surface area (TPSA) is 86.3 Å². The van der Waals surface area contributed by atoms with E-state index in [-0.39, 0.29) is 5.91 Å². The molecule has 1 aliphatic rings. The number of piperazine rings is 1. The molecule has 2 N–H and O–H groups in total. The van der Waals surface area contributed by atoms with Gasteiger partial charge < -0.3 is 20.4 Å². The normalized spacial score (nSPS) is 13.8. The maximum Gasteiger partial charge on any atom is 0.232 e. The highest BCUT2D eigenvalue weighted by molar-refractivity contribution is 5.90. The van der Waals surface area contributed by atoms with Crippen LogP contribution in [-0.4, -0.2) is 47.0 Å². The summed E-state index contributed by atoms with van der Waals surface area (Å²) >= 11 is 0. The van der Waals surface area contributed by atoms with Crippen LogP contribution < -0.4 is 20.4 Å². The van der Waals surface area contributed by atoms with Gasteiger partial charge in [0.05, 0.1) is 0 Å². The predicted octanol–water partition coefficient (Wildman–Crippen LogP) is 3.83. The number of carbonyl (C=O) groups is 1. The molecule has 1 saturated heterocycles. The molecule has 0 aliphatic carbocycles. The Labute approximate surface area is 188 Å². The van der Waals surface area contributed by atoms with Crippen molar-refractivity contribution in [2.75, 3.05) is 46.6 Å². The van der Waals surface area contributed by atoms with E-state index < -0.39 is 0 Å². The highest BCUT2D eigenvalue weighted by Gasteiger charge is 2.21. The van der Waals surface area contributed by atoms with Crippen molar-refractivity contribution in [1.29, 1.82) is 0 Å². The van der Waals surface area contributed by atoms with Gasteiger partial charge in [-0.15, -0.1) is 0 Å². The van der Waals surface area contributed by atoms with Crippen LogP contribution in [0.3, 0.4) is 0 Å². The molecule has 0 atom stereocenters. The van der Waals surface area contributed by atoms with E-state index in [4.69, 9.17) is 0 Å². The van der Waals surface area contributed by atoms with E-state index in [1.54, 1.807) is 0 Å². The minimum Gasteiger partial charge on any atom is -0.368 e. The van der Waals surface area contributed by atoms with Gasteiger partial charge in [-0.3, -0.25) is 4.79 Å². The Morgan fingerprint density at radius 2 is 1.66 bits per heavy atom. The summed E-state index contributed by atoms with van der Waals surface area (Å²) in [5.41, 5.74) is 6.41. The summed E-state index contributed by atoms with van der Waals surface area (Å²) in [6.45, 7) is 11.2. The smallest absolute Gasteiger partial charge is 0.232 e. The summed E-state index contributed by atoms with van der Waals surface area (Å²) in [6, 6.07) is 12.3. The molecule has 0 saturated carbocycles. The van der Waals surface area contributed by atoms with Gasteiger partial charge in [0.1, 0.15) is 6.33 Å². The number of rotatable bonds is 5. The molecule has 0 spiro atoms. The van der Waals surface area contributed by atoms with E-state index in [1.165, 1.54) is 30.1 Å². The molecule has 32 heavy (non-hydrogen) atoms. The fourth-order valence-electron chi connectivity index (χ4n) is 3.92. The molecule has 1 amide bonds. The van der Waals surface area contributed by atoms with Crippen molar-refractivity contribution in [3.8, 4) is 0 Å². The molecule has 3 aromatic rings. The molecule has 0 radical (unpaired) electrons. The number of carbonyl (C=O) groups excluding carboxylic acids is 1. The van der Waals surface area contributed by atoms with Crippen LogP contribution in [0.4, 0.5) is 29.0 Å². The van der Waals surface area contributed by atoms with Crippen LogP contribution in [-0.2, 0) is 4.79 Å². The Morgan fingerprint density at radius 1 is 0.938 bits per heavy atom. The van der Waals surface area contributed by atoms with E-state index in [1.807, 2.05) is 25.1 Å². The average Bonchev–Trinajstić information content (AvgIpc) is 2.78. The van der Waals surface area contributed by atoms with Gasteiger partial charge in [-0.25, -0.2) is 9.97 Å². The second-order valence-corrected chi connectivity index (χ2v) is 8.16. The molecule has 1 fully saturated rings. The van der Waals surface area contributed by atoms with Gasteiger partial charge in [-0.05, 0) is 55.7 Å². The standard InChI is InChI=1S/C24H29N7O/c1-16-8-9-17(2)22(14-16)30-10-12-31(13-11-30)24-26-15-25-23(29-24)28-21-7-5-6-20(18(21)3)27-19(4)32/h5-9,14-15H,10-13H2,1-4H3,(H,27,32)(H,25,26,28,29). The zero-order chi connectivity index (χ0) is 22.7. The number of aryl methyl sites for hydroxylation is 2. The third kappa shape index (κ3) is 4.80. The Bertz CT molecular complexity index is 1120. The third-order valence-corrected chi connectivity index (χ3v) is 5.72. The van der Waals surface area contributed by atoms with Crippen molar-refractivity contribution in [3.05, 3.63) is 59.4 Å². The van der Waals surface area contributed by atoms with Crippen LogP contribution in [0.25, 0.3) is 0 Å². The number of aromatic nitrogens is 3. The third-order valence-electron chi connectivity index (χ3n) is 5.72. The van der Waals surface area contributed by atoms with E-state index in [2.05, 4.69) is 67.4 Å². The maximum absolute atomic E-state index is 11.4. The Hall–Kier alpha value is -3.68. The zero-order valence-corrected chi connectivity index (χ0v) is 19.0. The highest BCUT2D eigenvalue weighted by atomic mass is 16.1. The van der Waals surface area contributed by atoms with Crippen molar-refractivity contribution in [2.45, 2.75) is 27.7 Å². The van der Waals surface area contributed by atoms with Crippen molar-refractivity contribution in [3.63, 3.8) is 0 Å². The minimum absolute atomic E-state index is 0.104. The van der Waals surface area contributed by atoms with Crippen LogP contribution >= 0.6 is 0 Å². The maximum atomic E-state index is 11.4. The Kier molecular flexibility index (Phi) is 6.20. The molecule has 1 aliphatic heterocycles. The first-order valence-corrected chi connectivity index (χ1v) is 10.8. The van der Waals surface area contributed by atoms with Gasteiger partial charge in [0.25, 0.3) is 0 Å². The van der Waals surface area contributed by atoms with E-state index in [0.29, 0.717) is 11.9 Å². The lowest BCUT2D eigenvalue weighted by Crippen LogP contribution is -2.47. The molecule has 2 aromatic carbocycles. The molecule has 4 rings (SSSR count). The van der Waals surface area contributed by atoms with Gasteiger partial charge in [-0.2, -0.15) is 4.98 Å². The molecule has 2 heterocycles. The van der Waals surface area contributed by atoms with Crippen LogP contribution in [0, 0.1) is 20.8 Å². The SMILES string of the molecule is CC(=O)Nc1cccc(Nc2ncnc(N3CCN(c4cc(C)ccc4C)CC3)n2)c1C. The molecule has 0 bridgehead atoms. The summed E-state index contributed by atoms with van der Waals surface area (Å²) in [6.07, 6.45) is 1.54. The highest BCUT2D eigenvalue weighted by Crippen LogP contribution is 2.26. The number of benzene rings is 2. The molecular formula is C24H29N7O. The number of anilines is 5. The first-order chi connectivity index (χ1) is 15.4. The minimum atomic E-state index is -0.104. The van der Waals surface area contributed by atoms with Gasteiger partial charge in [0.15, 0.2) is 0 Å². The van der Waals surface area contributed by atoms with Gasteiger partial charge in [-0.1, -0.05) is 18.2 Å². The van der Waals surface area contributed by atoms with Crippen molar-refractivity contribution in [1.82, 2.24) is 15.0 Å². The number of hydrogen-bond donors (Lipinski definition) is 2. The Morgan fingerprint density at radius 3 is 2.41 bits per heavy atom. The lowest BCUT2D eigenvalue weighted by Gasteiger charge is -2.36. The fraction of sp³-hybridized carbons (Fsp3) is 0.333. The van der Waals surface area contributed by atoms with Crippen LogP contribution in [0.15, 0.2) is 42.7 Å². The number of amides is 1. The van der Waals surface area contributed by atoms with Gasteiger partial charge in [0, 0.05) is 50.2 Å². The quantitative estimate of drug-likeness (QED) is 0.635. The summed E-state index contributed by atoms with van der Waals surface area (Å²) < 4.78 is 0.